The standard InChI is InChI=1S/C12H13N3O5/c1-20-10-3-2-8(15(18)19)6-9(10)12(17)14-5-4-13-11(16)7-14/h2-3,6H,4-5,7H2,1H3,(H,13,16). The van der Waals surface area contributed by atoms with E-state index in [4.69, 9.17) is 4.74 Å². The Morgan fingerprint density at radius 2 is 2.25 bits per heavy atom. The number of amides is 2. The summed E-state index contributed by atoms with van der Waals surface area (Å²) in [6.07, 6.45) is 0. The van der Waals surface area contributed by atoms with E-state index in [1.54, 1.807) is 0 Å². The lowest BCUT2D eigenvalue weighted by Crippen LogP contribution is -2.50. The van der Waals surface area contributed by atoms with Gasteiger partial charge in [0.2, 0.25) is 5.91 Å². The van der Waals surface area contributed by atoms with Gasteiger partial charge in [-0.15, -0.1) is 0 Å². The molecule has 2 rings (SSSR count). The average molecular weight is 279 g/mol. The smallest absolute Gasteiger partial charge is 0.270 e. The van der Waals surface area contributed by atoms with E-state index in [0.29, 0.717) is 13.1 Å². The molecule has 2 amide bonds. The second-order valence-electron chi connectivity index (χ2n) is 4.22. The third kappa shape index (κ3) is 2.68. The van der Waals surface area contributed by atoms with Crippen molar-refractivity contribution in [2.24, 2.45) is 0 Å². The molecule has 8 heteroatoms. The molecule has 0 atom stereocenters. The Hall–Kier alpha value is -2.64. The Labute approximate surface area is 114 Å². The van der Waals surface area contributed by atoms with Crippen LogP contribution in [0.4, 0.5) is 5.69 Å². The molecule has 0 aromatic heterocycles. The van der Waals surface area contributed by atoms with Crippen LogP contribution >= 0.6 is 0 Å². The van der Waals surface area contributed by atoms with Crippen LogP contribution in [-0.2, 0) is 4.79 Å². The van der Waals surface area contributed by atoms with Crippen LogP contribution in [0.1, 0.15) is 10.4 Å². The number of nitro groups is 1. The van der Waals surface area contributed by atoms with E-state index in [-0.39, 0.29) is 29.5 Å². The molecular formula is C12H13N3O5. The molecule has 8 nitrogen and oxygen atoms in total. The molecule has 1 heterocycles. The van der Waals surface area contributed by atoms with Crippen LogP contribution in [0.25, 0.3) is 0 Å². The second-order valence-corrected chi connectivity index (χ2v) is 4.22. The van der Waals surface area contributed by atoms with Gasteiger partial charge in [-0.2, -0.15) is 0 Å². The van der Waals surface area contributed by atoms with Crippen molar-refractivity contribution in [1.82, 2.24) is 10.2 Å². The molecule has 0 aliphatic carbocycles. The molecule has 0 unspecified atom stereocenters. The SMILES string of the molecule is COc1ccc([N+](=O)[O-])cc1C(=O)N1CCNC(=O)C1. The molecule has 1 fully saturated rings. The Balaban J connectivity index is 2.34. The lowest BCUT2D eigenvalue weighted by Gasteiger charge is -2.27. The molecular weight excluding hydrogens is 266 g/mol. The number of nitro benzene ring substituents is 1. The molecule has 1 aliphatic heterocycles. The van der Waals surface area contributed by atoms with Crippen LogP contribution in [0.2, 0.25) is 0 Å². The van der Waals surface area contributed by atoms with Gasteiger partial charge in [0.25, 0.3) is 11.6 Å². The zero-order valence-electron chi connectivity index (χ0n) is 10.8. The molecule has 0 bridgehead atoms. The Kier molecular flexibility index (Phi) is 3.83. The summed E-state index contributed by atoms with van der Waals surface area (Å²) >= 11 is 0. The highest BCUT2D eigenvalue weighted by Gasteiger charge is 2.26. The second kappa shape index (κ2) is 5.55. The van der Waals surface area contributed by atoms with Crippen LogP contribution in [0.3, 0.4) is 0 Å². The number of hydrogen-bond acceptors (Lipinski definition) is 5. The predicted molar refractivity (Wildman–Crippen MR) is 68.6 cm³/mol. The largest absolute Gasteiger partial charge is 0.496 e. The highest BCUT2D eigenvalue weighted by Crippen LogP contribution is 2.25. The van der Waals surface area contributed by atoms with Gasteiger partial charge in [0.1, 0.15) is 5.75 Å². The first-order valence-corrected chi connectivity index (χ1v) is 5.91. The molecule has 1 aliphatic rings. The van der Waals surface area contributed by atoms with Crippen LogP contribution in [0.5, 0.6) is 5.75 Å². The monoisotopic (exact) mass is 279 g/mol. The summed E-state index contributed by atoms with van der Waals surface area (Å²) < 4.78 is 5.05. The van der Waals surface area contributed by atoms with E-state index >= 15 is 0 Å². The van der Waals surface area contributed by atoms with Gasteiger partial charge in [0, 0.05) is 25.2 Å². The highest BCUT2D eigenvalue weighted by atomic mass is 16.6. The third-order valence-corrected chi connectivity index (χ3v) is 2.95. The zero-order valence-corrected chi connectivity index (χ0v) is 10.8. The Morgan fingerprint density at radius 3 is 2.85 bits per heavy atom. The molecule has 1 aromatic carbocycles. The topological polar surface area (TPSA) is 102 Å². The number of ether oxygens (including phenoxy) is 1. The fourth-order valence-corrected chi connectivity index (χ4v) is 1.96. The van der Waals surface area contributed by atoms with Gasteiger partial charge < -0.3 is 15.0 Å². The molecule has 0 radical (unpaired) electrons. The third-order valence-electron chi connectivity index (χ3n) is 2.95. The van der Waals surface area contributed by atoms with Gasteiger partial charge in [-0.3, -0.25) is 19.7 Å². The van der Waals surface area contributed by atoms with Crippen molar-refractivity contribution in [3.63, 3.8) is 0 Å². The molecule has 0 saturated carbocycles. The van der Waals surface area contributed by atoms with Crippen LogP contribution < -0.4 is 10.1 Å². The van der Waals surface area contributed by atoms with Gasteiger partial charge >= 0.3 is 0 Å². The van der Waals surface area contributed by atoms with Gasteiger partial charge in [0.15, 0.2) is 0 Å². The summed E-state index contributed by atoms with van der Waals surface area (Å²) in [6.45, 7) is 0.656. The summed E-state index contributed by atoms with van der Waals surface area (Å²) in [5.74, 6) is -0.471. The number of methoxy groups -OCH3 is 1. The van der Waals surface area contributed by atoms with E-state index in [1.807, 2.05) is 0 Å². The number of nitrogens with one attached hydrogen (secondary N) is 1. The lowest BCUT2D eigenvalue weighted by molar-refractivity contribution is -0.384. The molecule has 1 saturated heterocycles. The number of benzene rings is 1. The number of carbonyl (C=O) groups is 2. The zero-order chi connectivity index (χ0) is 14.7. The molecule has 1 aromatic rings. The van der Waals surface area contributed by atoms with Crippen LogP contribution in [-0.4, -0.2) is 48.4 Å². The van der Waals surface area contributed by atoms with E-state index in [9.17, 15) is 19.7 Å². The fourth-order valence-electron chi connectivity index (χ4n) is 1.96. The number of hydrogen-bond donors (Lipinski definition) is 1. The van der Waals surface area contributed by atoms with Gasteiger partial charge in [0.05, 0.1) is 24.1 Å². The number of non-ortho nitro benzene ring substituents is 1. The van der Waals surface area contributed by atoms with E-state index in [2.05, 4.69) is 5.32 Å². The molecule has 0 spiro atoms. The normalized spacial score (nSPS) is 14.7. The van der Waals surface area contributed by atoms with E-state index < -0.39 is 10.8 Å². The molecule has 20 heavy (non-hydrogen) atoms. The lowest BCUT2D eigenvalue weighted by atomic mass is 10.1. The predicted octanol–water partition coefficient (Wildman–Crippen LogP) is 0.175. The number of piperazine rings is 1. The first-order valence-electron chi connectivity index (χ1n) is 5.91. The van der Waals surface area contributed by atoms with Crippen molar-refractivity contribution in [2.45, 2.75) is 0 Å². The number of carbonyl (C=O) groups excluding carboxylic acids is 2. The Morgan fingerprint density at radius 1 is 1.50 bits per heavy atom. The van der Waals surface area contributed by atoms with E-state index in [0.717, 1.165) is 6.07 Å². The van der Waals surface area contributed by atoms with Gasteiger partial charge in [-0.05, 0) is 6.07 Å². The summed E-state index contributed by atoms with van der Waals surface area (Å²) in [5.41, 5.74) is -0.119. The minimum absolute atomic E-state index is 0.0648. The van der Waals surface area contributed by atoms with Crippen molar-refractivity contribution in [3.8, 4) is 5.75 Å². The summed E-state index contributed by atoms with van der Waals surface area (Å²) in [5, 5.41) is 13.4. The van der Waals surface area contributed by atoms with Crippen LogP contribution in [0.15, 0.2) is 18.2 Å². The van der Waals surface area contributed by atoms with Crippen molar-refractivity contribution in [3.05, 3.63) is 33.9 Å². The quantitative estimate of drug-likeness (QED) is 0.628. The molecule has 106 valence electrons. The van der Waals surface area contributed by atoms with Crippen molar-refractivity contribution in [2.75, 3.05) is 26.7 Å². The maximum atomic E-state index is 12.3. The average Bonchev–Trinajstić information content (AvgIpc) is 2.45. The summed E-state index contributed by atoms with van der Waals surface area (Å²) in [4.78, 5) is 35.2. The molecule has 1 N–H and O–H groups in total. The minimum Gasteiger partial charge on any atom is -0.496 e. The van der Waals surface area contributed by atoms with Crippen LogP contribution in [0, 0.1) is 10.1 Å². The Bertz CT molecular complexity index is 572. The van der Waals surface area contributed by atoms with Gasteiger partial charge in [-0.1, -0.05) is 0 Å². The first-order chi connectivity index (χ1) is 9.52. The number of rotatable bonds is 3. The maximum Gasteiger partial charge on any atom is 0.270 e. The van der Waals surface area contributed by atoms with Crippen molar-refractivity contribution in [1.29, 1.82) is 0 Å². The van der Waals surface area contributed by atoms with Gasteiger partial charge in [-0.25, -0.2) is 0 Å². The summed E-state index contributed by atoms with van der Waals surface area (Å²) in [7, 11) is 1.38. The van der Waals surface area contributed by atoms with Crippen molar-refractivity contribution < 1.29 is 19.2 Å². The highest BCUT2D eigenvalue weighted by molar-refractivity contribution is 5.99. The van der Waals surface area contributed by atoms with E-state index in [1.165, 1.54) is 24.1 Å². The minimum atomic E-state index is -0.584. The number of nitrogens with zero attached hydrogens (tertiary/aromatic N) is 2. The summed E-state index contributed by atoms with van der Waals surface area (Å²) in [6, 6.07) is 3.79. The first kappa shape index (κ1) is 13.8. The fraction of sp³-hybridized carbons (Fsp3) is 0.333. The van der Waals surface area contributed by atoms with Crippen molar-refractivity contribution >= 4 is 17.5 Å². The maximum absolute atomic E-state index is 12.3.